The second-order valence-corrected chi connectivity index (χ2v) is 4.75. The van der Waals surface area contributed by atoms with Crippen LogP contribution in [0.15, 0.2) is 36.7 Å². The summed E-state index contributed by atoms with van der Waals surface area (Å²) >= 11 is 0. The summed E-state index contributed by atoms with van der Waals surface area (Å²) in [4.78, 5) is 11.2. The minimum atomic E-state index is -0.450. The van der Waals surface area contributed by atoms with Crippen LogP contribution in [-0.4, -0.2) is 36.1 Å². The zero-order valence-corrected chi connectivity index (χ0v) is 11.8. The fraction of sp³-hybridized carbons (Fsp3) is 0.333. The fourth-order valence-corrected chi connectivity index (χ4v) is 2.55. The maximum absolute atomic E-state index is 11.2. The molecule has 1 aliphatic rings. The van der Waals surface area contributed by atoms with Crippen molar-refractivity contribution in [2.45, 2.75) is 12.5 Å². The Morgan fingerprint density at radius 2 is 2.43 bits per heavy atom. The van der Waals surface area contributed by atoms with Crippen molar-refractivity contribution in [3.8, 4) is 5.69 Å². The second-order valence-electron chi connectivity index (χ2n) is 4.75. The zero-order chi connectivity index (χ0) is 14.7. The first-order chi connectivity index (χ1) is 10.3. The highest BCUT2D eigenvalue weighted by Gasteiger charge is 2.24. The first-order valence-corrected chi connectivity index (χ1v) is 6.87. The summed E-state index contributed by atoms with van der Waals surface area (Å²) in [5.74, 6) is 0. The highest BCUT2D eigenvalue weighted by Crippen LogP contribution is 2.31. The number of nitrogens with one attached hydrogen (secondary N) is 1. The lowest BCUT2D eigenvalue weighted by molar-refractivity contribution is -0.00360. The van der Waals surface area contributed by atoms with E-state index in [2.05, 4.69) is 10.4 Å². The third kappa shape index (κ3) is 2.75. The lowest BCUT2D eigenvalue weighted by Gasteiger charge is -2.27. The molecular weight excluding hydrogens is 270 g/mol. The average molecular weight is 287 g/mol. The highest BCUT2D eigenvalue weighted by atomic mass is 16.6. The molecule has 1 aromatic heterocycles. The van der Waals surface area contributed by atoms with Gasteiger partial charge in [-0.1, -0.05) is 12.1 Å². The van der Waals surface area contributed by atoms with Gasteiger partial charge in [-0.25, -0.2) is 9.48 Å². The maximum Gasteiger partial charge on any atom is 0.406 e. The molecule has 2 aromatic rings. The average Bonchev–Trinajstić information content (AvgIpc) is 3.06. The van der Waals surface area contributed by atoms with E-state index in [4.69, 9.17) is 9.47 Å². The number of carbonyl (C=O) groups is 1. The molecule has 0 radical (unpaired) electrons. The van der Waals surface area contributed by atoms with Crippen molar-refractivity contribution in [2.75, 3.05) is 20.3 Å². The monoisotopic (exact) mass is 287 g/mol. The van der Waals surface area contributed by atoms with Crippen molar-refractivity contribution < 1.29 is 14.3 Å². The van der Waals surface area contributed by atoms with Crippen LogP contribution in [0.5, 0.6) is 0 Å². The van der Waals surface area contributed by atoms with Crippen molar-refractivity contribution >= 4 is 6.09 Å². The minimum Gasteiger partial charge on any atom is -0.446 e. The molecular formula is C15H17N3O3. The number of amides is 1. The van der Waals surface area contributed by atoms with Crippen LogP contribution in [0.1, 0.15) is 17.2 Å². The molecule has 1 amide bonds. The van der Waals surface area contributed by atoms with E-state index in [-0.39, 0.29) is 12.7 Å². The summed E-state index contributed by atoms with van der Waals surface area (Å²) < 4.78 is 12.7. The Morgan fingerprint density at radius 1 is 1.52 bits per heavy atom. The number of aromatic nitrogens is 2. The van der Waals surface area contributed by atoms with Gasteiger partial charge in [0.05, 0.1) is 12.3 Å². The number of fused-ring (bicyclic) bond motifs is 1. The summed E-state index contributed by atoms with van der Waals surface area (Å²) in [6, 6.07) is 7.91. The summed E-state index contributed by atoms with van der Waals surface area (Å²) in [5, 5.41) is 6.72. The standard InChI is InChI=1S/C15H17N3O3/c1-16-15(19)21-10-14-12-4-2-5-13(11(12)6-9-20-14)18-8-3-7-17-18/h2-5,7-8,14H,6,9-10H2,1H3,(H,16,19). The van der Waals surface area contributed by atoms with Crippen LogP contribution in [0, 0.1) is 0 Å². The highest BCUT2D eigenvalue weighted by molar-refractivity contribution is 5.66. The minimum absolute atomic E-state index is 0.204. The molecule has 0 fully saturated rings. The Morgan fingerprint density at radius 3 is 3.19 bits per heavy atom. The summed E-state index contributed by atoms with van der Waals surface area (Å²) in [5.41, 5.74) is 3.29. The van der Waals surface area contributed by atoms with Crippen LogP contribution in [0.2, 0.25) is 0 Å². The molecule has 0 saturated heterocycles. The molecule has 1 unspecified atom stereocenters. The second kappa shape index (κ2) is 5.97. The van der Waals surface area contributed by atoms with Crippen LogP contribution in [0.25, 0.3) is 5.69 Å². The molecule has 0 saturated carbocycles. The maximum atomic E-state index is 11.2. The van der Waals surface area contributed by atoms with Crippen LogP contribution >= 0.6 is 0 Å². The Bertz CT molecular complexity index is 625. The molecule has 110 valence electrons. The van der Waals surface area contributed by atoms with Gasteiger partial charge in [0, 0.05) is 19.4 Å². The number of carbonyl (C=O) groups excluding carboxylic acids is 1. The predicted octanol–water partition coefficient (Wildman–Crippen LogP) is 1.84. The Labute approximate surface area is 122 Å². The van der Waals surface area contributed by atoms with Gasteiger partial charge in [0.25, 0.3) is 0 Å². The SMILES string of the molecule is CNC(=O)OCC1OCCc2c1cccc2-n1cccn1. The van der Waals surface area contributed by atoms with E-state index in [1.165, 1.54) is 12.6 Å². The molecule has 1 aliphatic heterocycles. The Balaban J connectivity index is 1.88. The number of hydrogen-bond donors (Lipinski definition) is 1. The normalized spacial score (nSPS) is 17.1. The first kappa shape index (κ1) is 13.6. The largest absolute Gasteiger partial charge is 0.446 e. The van der Waals surface area contributed by atoms with Crippen LogP contribution in [0.4, 0.5) is 4.79 Å². The van der Waals surface area contributed by atoms with Gasteiger partial charge in [0.15, 0.2) is 0 Å². The van der Waals surface area contributed by atoms with E-state index in [1.54, 1.807) is 6.20 Å². The van der Waals surface area contributed by atoms with E-state index in [0.29, 0.717) is 6.61 Å². The summed E-state index contributed by atoms with van der Waals surface area (Å²) in [6.45, 7) is 0.808. The Kier molecular flexibility index (Phi) is 3.87. The molecule has 21 heavy (non-hydrogen) atoms. The van der Waals surface area contributed by atoms with Gasteiger partial charge >= 0.3 is 6.09 Å². The topological polar surface area (TPSA) is 65.4 Å². The molecule has 0 bridgehead atoms. The zero-order valence-electron chi connectivity index (χ0n) is 11.8. The molecule has 1 atom stereocenters. The van der Waals surface area contributed by atoms with Gasteiger partial charge in [-0.2, -0.15) is 5.10 Å². The van der Waals surface area contributed by atoms with Crippen LogP contribution in [0.3, 0.4) is 0 Å². The predicted molar refractivity (Wildman–Crippen MR) is 76.4 cm³/mol. The number of ether oxygens (including phenoxy) is 2. The van der Waals surface area contributed by atoms with Gasteiger partial charge in [-0.05, 0) is 29.7 Å². The fourth-order valence-electron chi connectivity index (χ4n) is 2.55. The third-order valence-electron chi connectivity index (χ3n) is 3.53. The third-order valence-corrected chi connectivity index (χ3v) is 3.53. The van der Waals surface area contributed by atoms with E-state index in [9.17, 15) is 4.79 Å². The molecule has 1 N–H and O–H groups in total. The Hall–Kier alpha value is -2.34. The van der Waals surface area contributed by atoms with Crippen molar-refractivity contribution in [3.05, 3.63) is 47.8 Å². The van der Waals surface area contributed by atoms with E-state index in [0.717, 1.165) is 17.7 Å². The quantitative estimate of drug-likeness (QED) is 0.935. The van der Waals surface area contributed by atoms with E-state index in [1.807, 2.05) is 35.1 Å². The number of benzene rings is 1. The molecule has 1 aromatic carbocycles. The van der Waals surface area contributed by atoms with Gasteiger partial charge in [-0.15, -0.1) is 0 Å². The molecule has 6 nitrogen and oxygen atoms in total. The van der Waals surface area contributed by atoms with Gasteiger partial charge in [0.1, 0.15) is 12.7 Å². The molecule has 3 rings (SSSR count). The van der Waals surface area contributed by atoms with Crippen molar-refractivity contribution in [1.29, 1.82) is 0 Å². The van der Waals surface area contributed by atoms with Crippen LogP contribution in [-0.2, 0) is 15.9 Å². The molecule has 6 heteroatoms. The number of alkyl carbamates (subject to hydrolysis) is 1. The molecule has 0 spiro atoms. The lowest BCUT2D eigenvalue weighted by Crippen LogP contribution is -2.26. The number of hydrogen-bond acceptors (Lipinski definition) is 4. The lowest BCUT2D eigenvalue weighted by atomic mass is 9.96. The van der Waals surface area contributed by atoms with Gasteiger partial charge in [0.2, 0.25) is 0 Å². The summed E-state index contributed by atoms with van der Waals surface area (Å²) in [6.07, 6.45) is 3.81. The van der Waals surface area contributed by atoms with Crippen molar-refractivity contribution in [1.82, 2.24) is 15.1 Å². The molecule has 0 aliphatic carbocycles. The van der Waals surface area contributed by atoms with Crippen molar-refractivity contribution in [2.24, 2.45) is 0 Å². The smallest absolute Gasteiger partial charge is 0.406 e. The summed E-state index contributed by atoms with van der Waals surface area (Å²) in [7, 11) is 1.54. The number of nitrogens with zero attached hydrogens (tertiary/aromatic N) is 2. The first-order valence-electron chi connectivity index (χ1n) is 6.87. The van der Waals surface area contributed by atoms with E-state index >= 15 is 0 Å². The van der Waals surface area contributed by atoms with Crippen LogP contribution < -0.4 is 5.32 Å². The number of rotatable bonds is 3. The molecule has 2 heterocycles. The van der Waals surface area contributed by atoms with E-state index < -0.39 is 6.09 Å². The van der Waals surface area contributed by atoms with Crippen molar-refractivity contribution in [3.63, 3.8) is 0 Å². The van der Waals surface area contributed by atoms with Gasteiger partial charge < -0.3 is 14.8 Å². The van der Waals surface area contributed by atoms with Gasteiger partial charge in [-0.3, -0.25) is 0 Å².